The maximum absolute atomic E-state index is 12.4. The largest absolute Gasteiger partial charge is 0.444 e. The fourth-order valence-electron chi connectivity index (χ4n) is 2.69. The molecule has 0 bridgehead atoms. The number of nitrogens with zero attached hydrogens (tertiary/aromatic N) is 3. The summed E-state index contributed by atoms with van der Waals surface area (Å²) in [7, 11) is -3.73. The number of carbonyl (C=O) groups excluding carboxylic acids is 1. The number of nitriles is 1. The normalized spacial score (nSPS) is 16.0. The molecule has 0 aromatic heterocycles. The molecule has 0 spiro atoms. The third kappa shape index (κ3) is 6.20. The van der Waals surface area contributed by atoms with Crippen molar-refractivity contribution in [3.63, 3.8) is 0 Å². The summed E-state index contributed by atoms with van der Waals surface area (Å²) in [5, 5.41) is 9.06. The molecule has 1 saturated heterocycles. The van der Waals surface area contributed by atoms with Crippen molar-refractivity contribution in [1.82, 2.24) is 14.5 Å². The second kappa shape index (κ2) is 8.69. The van der Waals surface area contributed by atoms with E-state index in [1.807, 2.05) is 26.8 Å². The third-order valence-corrected chi connectivity index (χ3v) is 5.56. The van der Waals surface area contributed by atoms with Crippen LogP contribution in [0.15, 0.2) is 29.2 Å². The van der Waals surface area contributed by atoms with Gasteiger partial charge in [0.25, 0.3) is 0 Å². The number of benzene rings is 1. The lowest BCUT2D eigenvalue weighted by atomic mass is 10.2. The Hall–Kier alpha value is -2.15. The molecular formula is C18H26N4O4S. The van der Waals surface area contributed by atoms with Crippen LogP contribution in [0.25, 0.3) is 0 Å². The number of carbonyl (C=O) groups is 1. The van der Waals surface area contributed by atoms with Gasteiger partial charge in [0.15, 0.2) is 0 Å². The van der Waals surface area contributed by atoms with Gasteiger partial charge in [0.1, 0.15) is 11.7 Å². The number of ether oxygens (including phenoxy) is 1. The average Bonchev–Trinajstić information content (AvgIpc) is 2.60. The Morgan fingerprint density at radius 1 is 1.22 bits per heavy atom. The molecule has 27 heavy (non-hydrogen) atoms. The van der Waals surface area contributed by atoms with Crippen LogP contribution in [0.4, 0.5) is 4.79 Å². The Bertz CT molecular complexity index is 803. The van der Waals surface area contributed by atoms with E-state index >= 15 is 0 Å². The van der Waals surface area contributed by atoms with Crippen LogP contribution < -0.4 is 4.72 Å². The van der Waals surface area contributed by atoms with E-state index in [-0.39, 0.29) is 23.1 Å². The molecular weight excluding hydrogens is 368 g/mol. The van der Waals surface area contributed by atoms with Crippen molar-refractivity contribution in [3.8, 4) is 6.07 Å². The van der Waals surface area contributed by atoms with Crippen molar-refractivity contribution >= 4 is 16.1 Å². The molecule has 0 atom stereocenters. The Morgan fingerprint density at radius 3 is 2.44 bits per heavy atom. The zero-order valence-corrected chi connectivity index (χ0v) is 16.8. The van der Waals surface area contributed by atoms with Gasteiger partial charge in [-0.1, -0.05) is 12.1 Å². The van der Waals surface area contributed by atoms with E-state index in [1.165, 1.54) is 12.1 Å². The van der Waals surface area contributed by atoms with E-state index in [0.29, 0.717) is 32.7 Å². The fourth-order valence-corrected chi connectivity index (χ4v) is 3.87. The van der Waals surface area contributed by atoms with Gasteiger partial charge in [-0.3, -0.25) is 4.90 Å². The number of amides is 1. The first-order valence-corrected chi connectivity index (χ1v) is 10.3. The minimum atomic E-state index is -3.73. The van der Waals surface area contributed by atoms with Crippen LogP contribution >= 0.6 is 0 Å². The van der Waals surface area contributed by atoms with Crippen molar-refractivity contribution < 1.29 is 17.9 Å². The zero-order chi connectivity index (χ0) is 20.1. The van der Waals surface area contributed by atoms with Crippen molar-refractivity contribution in [3.05, 3.63) is 29.8 Å². The standard InChI is InChI=1S/C18H26N4O4S/c1-18(2,3)26-17(23)22-12-10-21(11-13-22)9-8-20-27(24,25)16-7-5-4-6-15(16)14-19/h4-7,20H,8-13H2,1-3H3. The second-order valence-electron chi connectivity index (χ2n) is 7.31. The van der Waals surface area contributed by atoms with Gasteiger partial charge in [-0.25, -0.2) is 17.9 Å². The number of rotatable bonds is 5. The van der Waals surface area contributed by atoms with Crippen LogP contribution in [0.5, 0.6) is 0 Å². The first-order chi connectivity index (χ1) is 12.6. The number of hydrogen-bond donors (Lipinski definition) is 1. The van der Waals surface area contributed by atoms with E-state index in [1.54, 1.807) is 17.0 Å². The SMILES string of the molecule is CC(C)(C)OC(=O)N1CCN(CCNS(=O)(=O)c2ccccc2C#N)CC1. The quantitative estimate of drug-likeness (QED) is 0.810. The van der Waals surface area contributed by atoms with Crippen LogP contribution in [-0.2, 0) is 14.8 Å². The Kier molecular flexibility index (Phi) is 6.81. The molecule has 1 fully saturated rings. The fraction of sp³-hybridized carbons (Fsp3) is 0.556. The Balaban J connectivity index is 1.80. The van der Waals surface area contributed by atoms with Crippen molar-refractivity contribution in [1.29, 1.82) is 5.26 Å². The van der Waals surface area contributed by atoms with Crippen LogP contribution in [0.3, 0.4) is 0 Å². The summed E-state index contributed by atoms with van der Waals surface area (Å²) in [4.78, 5) is 15.8. The number of piperazine rings is 1. The highest BCUT2D eigenvalue weighted by Crippen LogP contribution is 2.14. The molecule has 1 aromatic carbocycles. The summed E-state index contributed by atoms with van der Waals surface area (Å²) >= 11 is 0. The molecule has 1 heterocycles. The first-order valence-electron chi connectivity index (χ1n) is 8.81. The molecule has 0 radical (unpaired) electrons. The molecule has 1 aromatic rings. The lowest BCUT2D eigenvalue weighted by Gasteiger charge is -2.35. The lowest BCUT2D eigenvalue weighted by molar-refractivity contribution is 0.0147. The summed E-state index contributed by atoms with van der Waals surface area (Å²) < 4.78 is 32.7. The molecule has 148 valence electrons. The van der Waals surface area contributed by atoms with E-state index < -0.39 is 15.6 Å². The molecule has 8 nitrogen and oxygen atoms in total. The first kappa shape index (κ1) is 21.2. The third-order valence-electron chi connectivity index (χ3n) is 4.04. The Labute approximate surface area is 160 Å². The van der Waals surface area contributed by atoms with Gasteiger partial charge in [-0.05, 0) is 32.9 Å². The maximum atomic E-state index is 12.4. The van der Waals surface area contributed by atoms with Gasteiger partial charge in [-0.2, -0.15) is 5.26 Å². The van der Waals surface area contributed by atoms with E-state index in [0.717, 1.165) is 0 Å². The predicted molar refractivity (Wildman–Crippen MR) is 101 cm³/mol. The zero-order valence-electron chi connectivity index (χ0n) is 15.9. The highest BCUT2D eigenvalue weighted by Gasteiger charge is 2.26. The molecule has 2 rings (SSSR count). The number of sulfonamides is 1. The van der Waals surface area contributed by atoms with Gasteiger partial charge in [0, 0.05) is 39.3 Å². The molecule has 1 N–H and O–H groups in total. The van der Waals surface area contributed by atoms with Gasteiger partial charge in [-0.15, -0.1) is 0 Å². The van der Waals surface area contributed by atoms with Crippen LogP contribution in [0, 0.1) is 11.3 Å². The summed E-state index contributed by atoms with van der Waals surface area (Å²) in [5.41, 5.74) is -0.400. The number of nitrogens with one attached hydrogen (secondary N) is 1. The Morgan fingerprint density at radius 2 is 1.85 bits per heavy atom. The van der Waals surface area contributed by atoms with Crippen LogP contribution in [-0.4, -0.2) is 69.2 Å². The van der Waals surface area contributed by atoms with Crippen LogP contribution in [0.2, 0.25) is 0 Å². The van der Waals surface area contributed by atoms with Crippen molar-refractivity contribution in [2.75, 3.05) is 39.3 Å². The van der Waals surface area contributed by atoms with Gasteiger partial charge < -0.3 is 9.64 Å². The van der Waals surface area contributed by atoms with Gasteiger partial charge in [0.05, 0.1) is 10.5 Å². The molecule has 9 heteroatoms. The minimum absolute atomic E-state index is 0.0118. The molecule has 0 unspecified atom stereocenters. The minimum Gasteiger partial charge on any atom is -0.444 e. The average molecular weight is 394 g/mol. The highest BCUT2D eigenvalue weighted by atomic mass is 32.2. The second-order valence-corrected chi connectivity index (χ2v) is 9.05. The summed E-state index contributed by atoms with van der Waals surface area (Å²) in [6.45, 7) is 8.63. The highest BCUT2D eigenvalue weighted by molar-refractivity contribution is 7.89. The lowest BCUT2D eigenvalue weighted by Crippen LogP contribution is -2.51. The number of hydrogen-bond acceptors (Lipinski definition) is 6. The molecule has 1 amide bonds. The maximum Gasteiger partial charge on any atom is 0.410 e. The van der Waals surface area contributed by atoms with E-state index in [2.05, 4.69) is 9.62 Å². The molecule has 1 aliphatic rings. The summed E-state index contributed by atoms with van der Waals surface area (Å²) in [5.74, 6) is 0. The van der Waals surface area contributed by atoms with Crippen molar-refractivity contribution in [2.24, 2.45) is 0 Å². The van der Waals surface area contributed by atoms with Gasteiger partial charge >= 0.3 is 6.09 Å². The van der Waals surface area contributed by atoms with Crippen molar-refractivity contribution in [2.45, 2.75) is 31.3 Å². The van der Waals surface area contributed by atoms with E-state index in [4.69, 9.17) is 10.00 Å². The van der Waals surface area contributed by atoms with Crippen LogP contribution in [0.1, 0.15) is 26.3 Å². The summed E-state index contributed by atoms with van der Waals surface area (Å²) in [6.07, 6.45) is -0.323. The molecule has 1 aliphatic heterocycles. The van der Waals surface area contributed by atoms with E-state index in [9.17, 15) is 13.2 Å². The smallest absolute Gasteiger partial charge is 0.410 e. The molecule has 0 saturated carbocycles. The topological polar surface area (TPSA) is 103 Å². The summed E-state index contributed by atoms with van der Waals surface area (Å²) in [6, 6.07) is 8.00. The monoisotopic (exact) mass is 394 g/mol. The van der Waals surface area contributed by atoms with Gasteiger partial charge in [0.2, 0.25) is 10.0 Å². The molecule has 0 aliphatic carbocycles. The predicted octanol–water partition coefficient (Wildman–Crippen LogP) is 1.39.